The number of rotatable bonds is 5. The first-order valence-corrected chi connectivity index (χ1v) is 7.61. The highest BCUT2D eigenvalue weighted by molar-refractivity contribution is 7.13. The molecule has 7 heteroatoms. The number of hydrogen-bond acceptors (Lipinski definition) is 5. The molecule has 22 heavy (non-hydrogen) atoms. The van der Waals surface area contributed by atoms with Gasteiger partial charge in [-0.2, -0.15) is 0 Å². The first-order chi connectivity index (χ1) is 10.2. The Kier molecular flexibility index (Phi) is 4.37. The van der Waals surface area contributed by atoms with Crippen molar-refractivity contribution in [1.29, 1.82) is 0 Å². The predicted molar refractivity (Wildman–Crippen MR) is 82.7 cm³/mol. The van der Waals surface area contributed by atoms with E-state index in [1.165, 1.54) is 37.1 Å². The lowest BCUT2D eigenvalue weighted by molar-refractivity contribution is -0.155. The molecular weight excluding hydrogens is 304 g/mol. The van der Waals surface area contributed by atoms with Crippen molar-refractivity contribution in [2.75, 3.05) is 7.05 Å². The molecule has 2 rings (SSSR count). The van der Waals surface area contributed by atoms with Gasteiger partial charge in [0, 0.05) is 7.05 Å². The number of amides is 1. The average molecular weight is 322 g/mol. The molecule has 6 nitrogen and oxygen atoms in total. The van der Waals surface area contributed by atoms with Gasteiger partial charge in [-0.1, -0.05) is 6.07 Å². The normalized spacial score (nSPS) is 11.5. The van der Waals surface area contributed by atoms with Gasteiger partial charge in [0.15, 0.2) is 0 Å². The number of hydrogen-bond donors (Lipinski definition) is 1. The van der Waals surface area contributed by atoms with Gasteiger partial charge in [-0.25, -0.2) is 9.78 Å². The van der Waals surface area contributed by atoms with Gasteiger partial charge >= 0.3 is 5.97 Å². The van der Waals surface area contributed by atoms with E-state index in [9.17, 15) is 14.7 Å². The molecule has 0 radical (unpaired) electrons. The van der Waals surface area contributed by atoms with Gasteiger partial charge in [0.1, 0.15) is 11.3 Å². The summed E-state index contributed by atoms with van der Waals surface area (Å²) < 4.78 is 5.58. The van der Waals surface area contributed by atoms with Crippen LogP contribution in [0.5, 0.6) is 0 Å². The summed E-state index contributed by atoms with van der Waals surface area (Å²) in [5.74, 6) is -0.324. The Labute approximate surface area is 132 Å². The molecule has 2 aromatic rings. The van der Waals surface area contributed by atoms with Crippen molar-refractivity contribution in [1.82, 2.24) is 9.88 Å². The van der Waals surface area contributed by atoms with Gasteiger partial charge in [0.25, 0.3) is 0 Å². The van der Waals surface area contributed by atoms with E-state index in [1.807, 2.05) is 17.5 Å². The van der Waals surface area contributed by atoms with Crippen LogP contribution in [0.1, 0.15) is 25.3 Å². The average Bonchev–Trinajstić information content (AvgIpc) is 3.08. The highest BCUT2D eigenvalue weighted by Crippen LogP contribution is 2.26. The standard InChI is InChI=1S/C15H18N2O4S/c1-9-10(16-13(21-9)11-6-5-7-22-11)8-12(18)17(4)15(2,3)14(19)20/h5-7H,8H2,1-4H3,(H,19,20). The molecule has 2 heterocycles. The van der Waals surface area contributed by atoms with E-state index in [-0.39, 0.29) is 12.3 Å². The molecule has 1 amide bonds. The monoisotopic (exact) mass is 322 g/mol. The SMILES string of the molecule is Cc1oc(-c2cccs2)nc1CC(=O)N(C)C(C)(C)C(=O)O. The van der Waals surface area contributed by atoms with E-state index in [1.54, 1.807) is 6.92 Å². The van der Waals surface area contributed by atoms with Crippen LogP contribution in [-0.4, -0.2) is 39.5 Å². The van der Waals surface area contributed by atoms with Crippen LogP contribution in [0.3, 0.4) is 0 Å². The smallest absolute Gasteiger partial charge is 0.329 e. The van der Waals surface area contributed by atoms with Crippen LogP contribution in [0.15, 0.2) is 21.9 Å². The fourth-order valence-corrected chi connectivity index (χ4v) is 2.46. The second-order valence-electron chi connectivity index (χ2n) is 5.49. The first kappa shape index (κ1) is 16.2. The number of carboxylic acids is 1. The molecule has 0 saturated heterocycles. The fourth-order valence-electron chi connectivity index (χ4n) is 1.81. The summed E-state index contributed by atoms with van der Waals surface area (Å²) in [7, 11) is 1.48. The van der Waals surface area contributed by atoms with Gasteiger partial charge in [-0.15, -0.1) is 11.3 Å². The Morgan fingerprint density at radius 1 is 1.45 bits per heavy atom. The lowest BCUT2D eigenvalue weighted by atomic mass is 10.0. The summed E-state index contributed by atoms with van der Waals surface area (Å²) in [4.78, 5) is 30.0. The minimum Gasteiger partial charge on any atom is -0.480 e. The summed E-state index contributed by atoms with van der Waals surface area (Å²) in [6, 6.07) is 3.79. The van der Waals surface area contributed by atoms with Crippen molar-refractivity contribution < 1.29 is 19.1 Å². The number of aryl methyl sites for hydroxylation is 1. The maximum atomic E-state index is 12.3. The molecule has 0 bridgehead atoms. The zero-order valence-corrected chi connectivity index (χ0v) is 13.7. The Morgan fingerprint density at radius 3 is 2.68 bits per heavy atom. The lowest BCUT2D eigenvalue weighted by Gasteiger charge is -2.31. The molecule has 1 N–H and O–H groups in total. The van der Waals surface area contributed by atoms with Crippen LogP contribution in [0.2, 0.25) is 0 Å². The predicted octanol–water partition coefficient (Wildman–Crippen LogP) is 2.58. The minimum absolute atomic E-state index is 0.00786. The first-order valence-electron chi connectivity index (χ1n) is 6.73. The zero-order chi connectivity index (χ0) is 16.5. The molecule has 0 aliphatic carbocycles. The highest BCUT2D eigenvalue weighted by Gasteiger charge is 2.35. The molecule has 0 spiro atoms. The number of carbonyl (C=O) groups is 2. The number of thiophene rings is 1. The third kappa shape index (κ3) is 3.04. The maximum absolute atomic E-state index is 12.3. The van der Waals surface area contributed by atoms with Crippen molar-refractivity contribution >= 4 is 23.2 Å². The summed E-state index contributed by atoms with van der Waals surface area (Å²) in [5.41, 5.74) is -0.743. The lowest BCUT2D eigenvalue weighted by Crippen LogP contribution is -2.51. The molecule has 0 saturated carbocycles. The maximum Gasteiger partial charge on any atom is 0.329 e. The van der Waals surface area contributed by atoms with Crippen LogP contribution in [-0.2, 0) is 16.0 Å². The third-order valence-corrected chi connectivity index (χ3v) is 4.54. The molecule has 0 unspecified atom stereocenters. The third-order valence-electron chi connectivity index (χ3n) is 3.68. The number of carbonyl (C=O) groups excluding carboxylic acids is 1. The second kappa shape index (κ2) is 5.92. The summed E-state index contributed by atoms with van der Waals surface area (Å²) in [6.07, 6.45) is 0.00786. The molecule has 0 fully saturated rings. The largest absolute Gasteiger partial charge is 0.480 e. The van der Waals surface area contributed by atoms with E-state index in [2.05, 4.69) is 4.98 Å². The molecule has 0 aliphatic rings. The highest BCUT2D eigenvalue weighted by atomic mass is 32.1. The quantitative estimate of drug-likeness (QED) is 0.914. The Morgan fingerprint density at radius 2 is 2.14 bits per heavy atom. The Bertz CT molecular complexity index is 688. The molecular formula is C15H18N2O4S. The van der Waals surface area contributed by atoms with Crippen molar-refractivity contribution in [3.05, 3.63) is 29.0 Å². The van der Waals surface area contributed by atoms with Gasteiger partial charge in [0.2, 0.25) is 11.8 Å². The van der Waals surface area contributed by atoms with Crippen LogP contribution < -0.4 is 0 Å². The zero-order valence-electron chi connectivity index (χ0n) is 12.9. The van der Waals surface area contributed by atoms with E-state index >= 15 is 0 Å². The van der Waals surface area contributed by atoms with Gasteiger partial charge < -0.3 is 14.4 Å². The fraction of sp³-hybridized carbons (Fsp3) is 0.400. The number of likely N-dealkylation sites (N-methyl/N-ethyl adjacent to an activating group) is 1. The van der Waals surface area contributed by atoms with E-state index in [0.717, 1.165) is 4.88 Å². The molecule has 0 aliphatic heterocycles. The molecule has 118 valence electrons. The van der Waals surface area contributed by atoms with Gasteiger partial charge in [-0.3, -0.25) is 4.79 Å². The van der Waals surface area contributed by atoms with Crippen molar-refractivity contribution in [2.45, 2.75) is 32.7 Å². The summed E-state index contributed by atoms with van der Waals surface area (Å²) >= 11 is 1.50. The second-order valence-corrected chi connectivity index (χ2v) is 6.44. The molecule has 0 aromatic carbocycles. The Balaban J connectivity index is 2.17. The van der Waals surface area contributed by atoms with E-state index < -0.39 is 11.5 Å². The number of carboxylic acid groups (broad SMARTS) is 1. The van der Waals surface area contributed by atoms with Crippen LogP contribution in [0.25, 0.3) is 10.8 Å². The van der Waals surface area contributed by atoms with Crippen molar-refractivity contribution in [3.63, 3.8) is 0 Å². The van der Waals surface area contributed by atoms with E-state index in [0.29, 0.717) is 17.3 Å². The summed E-state index contributed by atoms with van der Waals surface area (Å²) in [5, 5.41) is 11.1. The van der Waals surface area contributed by atoms with Crippen molar-refractivity contribution in [3.8, 4) is 10.8 Å². The van der Waals surface area contributed by atoms with Crippen LogP contribution >= 0.6 is 11.3 Å². The molecule has 2 aromatic heterocycles. The van der Waals surface area contributed by atoms with Crippen molar-refractivity contribution in [2.24, 2.45) is 0 Å². The van der Waals surface area contributed by atoms with Gasteiger partial charge in [0.05, 0.1) is 17.0 Å². The number of aliphatic carboxylic acids is 1. The number of aromatic nitrogens is 1. The Hall–Kier alpha value is -2.15. The van der Waals surface area contributed by atoms with Crippen LogP contribution in [0.4, 0.5) is 0 Å². The number of nitrogens with zero attached hydrogens (tertiary/aromatic N) is 2. The molecule has 0 atom stereocenters. The van der Waals surface area contributed by atoms with Crippen LogP contribution in [0, 0.1) is 6.92 Å². The topological polar surface area (TPSA) is 83.6 Å². The number of oxazole rings is 1. The van der Waals surface area contributed by atoms with E-state index in [4.69, 9.17) is 4.42 Å². The van der Waals surface area contributed by atoms with Gasteiger partial charge in [-0.05, 0) is 32.2 Å². The minimum atomic E-state index is -1.27. The summed E-state index contributed by atoms with van der Waals surface area (Å²) in [6.45, 7) is 4.72.